The summed E-state index contributed by atoms with van der Waals surface area (Å²) < 4.78 is 2.72. The summed E-state index contributed by atoms with van der Waals surface area (Å²) in [4.78, 5) is 5.47. The molecule has 2 unspecified atom stereocenters. The van der Waals surface area contributed by atoms with Gasteiger partial charge in [0.1, 0.15) is 0 Å². The number of halogens is 1. The van der Waals surface area contributed by atoms with Crippen LogP contribution >= 0.6 is 22.9 Å². The van der Waals surface area contributed by atoms with Crippen LogP contribution in [-0.2, 0) is 21.7 Å². The van der Waals surface area contributed by atoms with Crippen molar-refractivity contribution in [3.8, 4) is 0 Å². The molecular formula is C52H58BClN2S. The van der Waals surface area contributed by atoms with E-state index >= 15 is 0 Å². The zero-order chi connectivity index (χ0) is 40.5. The maximum Gasteiger partial charge on any atom is 0.252 e. The summed E-state index contributed by atoms with van der Waals surface area (Å²) in [6, 6.07) is 26.9. The Bertz CT molecular complexity index is 2710. The number of rotatable bonds is 1. The maximum absolute atomic E-state index is 7.48. The Morgan fingerprint density at radius 1 is 0.632 bits per heavy atom. The highest BCUT2D eigenvalue weighted by Crippen LogP contribution is 2.63. The van der Waals surface area contributed by atoms with Gasteiger partial charge in [-0.2, -0.15) is 0 Å². The molecule has 2 nitrogen and oxygen atoms in total. The molecule has 5 heteroatoms. The lowest BCUT2D eigenvalue weighted by Crippen LogP contribution is -2.64. The minimum absolute atomic E-state index is 0.0101. The normalized spacial score (nSPS) is 21.3. The van der Waals surface area contributed by atoms with Gasteiger partial charge in [-0.25, -0.2) is 0 Å². The molecule has 2 atom stereocenters. The molecule has 0 N–H and O–H groups in total. The molecule has 10 rings (SSSR count). The molecule has 1 saturated carbocycles. The molecule has 1 fully saturated rings. The summed E-state index contributed by atoms with van der Waals surface area (Å²) in [7, 11) is 0. The van der Waals surface area contributed by atoms with Gasteiger partial charge in [0.2, 0.25) is 0 Å². The fourth-order valence-corrected chi connectivity index (χ4v) is 13.0. The highest BCUT2D eigenvalue weighted by Gasteiger charge is 2.61. The average Bonchev–Trinajstić information content (AvgIpc) is 3.59. The predicted molar refractivity (Wildman–Crippen MR) is 252 cm³/mol. The van der Waals surface area contributed by atoms with Gasteiger partial charge in [-0.1, -0.05) is 142 Å². The van der Waals surface area contributed by atoms with E-state index in [1.807, 2.05) is 11.3 Å². The van der Waals surface area contributed by atoms with Crippen molar-refractivity contribution >= 4 is 94.6 Å². The van der Waals surface area contributed by atoms with Gasteiger partial charge in [0.15, 0.2) is 0 Å². The Balaban J connectivity index is 1.37. The Labute approximate surface area is 350 Å². The number of anilines is 5. The van der Waals surface area contributed by atoms with Crippen LogP contribution in [0, 0.1) is 13.8 Å². The van der Waals surface area contributed by atoms with Crippen molar-refractivity contribution in [3.05, 3.63) is 105 Å². The third-order valence-electron chi connectivity index (χ3n) is 14.9. The third-order valence-corrected chi connectivity index (χ3v) is 16.3. The van der Waals surface area contributed by atoms with E-state index in [0.717, 1.165) is 5.02 Å². The SMILES string of the molecule is Cc1cc(C(C)(C)C)cc(C)c1N1c2cc(Cl)cc3c2B(c2cc(C(C)(C)C)cc4c2N3C2(C)CCCCC42C)c2ccc3c(sc4cc(C(C)(C)C)ccc43)c21. The van der Waals surface area contributed by atoms with E-state index in [9.17, 15) is 0 Å². The molecule has 0 amide bonds. The Morgan fingerprint density at radius 3 is 1.91 bits per heavy atom. The smallest absolute Gasteiger partial charge is 0.252 e. The quantitative estimate of drug-likeness (QED) is 0.153. The van der Waals surface area contributed by atoms with Crippen LogP contribution < -0.4 is 26.2 Å². The zero-order valence-corrected chi connectivity index (χ0v) is 38.0. The molecular weight excluding hydrogens is 731 g/mol. The van der Waals surface area contributed by atoms with E-state index in [-0.39, 0.29) is 33.9 Å². The van der Waals surface area contributed by atoms with Gasteiger partial charge in [-0.15, -0.1) is 11.3 Å². The fraction of sp³-hybridized carbons (Fsp3) is 0.423. The van der Waals surface area contributed by atoms with Crippen LogP contribution in [0.5, 0.6) is 0 Å². The lowest BCUT2D eigenvalue weighted by atomic mass is 9.33. The van der Waals surface area contributed by atoms with E-state index in [0.29, 0.717) is 0 Å². The number of hydrogen-bond acceptors (Lipinski definition) is 3. The first kappa shape index (κ1) is 37.5. The van der Waals surface area contributed by atoms with Crippen molar-refractivity contribution in [2.75, 3.05) is 9.80 Å². The topological polar surface area (TPSA) is 6.48 Å². The van der Waals surface area contributed by atoms with Crippen LogP contribution in [-0.4, -0.2) is 12.3 Å². The first-order valence-corrected chi connectivity index (χ1v) is 22.6. The van der Waals surface area contributed by atoms with Crippen molar-refractivity contribution in [1.29, 1.82) is 0 Å². The summed E-state index contributed by atoms with van der Waals surface area (Å²) >= 11 is 9.45. The summed E-state index contributed by atoms with van der Waals surface area (Å²) in [5.74, 6) is 0. The van der Waals surface area contributed by atoms with Gasteiger partial charge < -0.3 is 9.80 Å². The average molecular weight is 789 g/mol. The summed E-state index contributed by atoms with van der Waals surface area (Å²) in [6.07, 6.45) is 4.89. The van der Waals surface area contributed by atoms with Gasteiger partial charge in [0, 0.05) is 43.0 Å². The van der Waals surface area contributed by atoms with Gasteiger partial charge in [0.05, 0.1) is 21.6 Å². The molecule has 1 aliphatic carbocycles. The third kappa shape index (κ3) is 5.02. The van der Waals surface area contributed by atoms with Gasteiger partial charge in [0.25, 0.3) is 6.71 Å². The molecule has 0 spiro atoms. The van der Waals surface area contributed by atoms with Crippen LogP contribution in [0.4, 0.5) is 28.4 Å². The second-order valence-electron chi connectivity index (χ2n) is 21.6. The van der Waals surface area contributed by atoms with E-state index in [4.69, 9.17) is 11.6 Å². The molecule has 4 heterocycles. The second kappa shape index (κ2) is 11.7. The van der Waals surface area contributed by atoms with Crippen LogP contribution in [0.3, 0.4) is 0 Å². The molecule has 0 saturated heterocycles. The van der Waals surface area contributed by atoms with E-state index in [1.54, 1.807) is 5.56 Å². The fourth-order valence-electron chi connectivity index (χ4n) is 11.5. The molecule has 3 aliphatic heterocycles. The Kier molecular flexibility index (Phi) is 7.72. The Morgan fingerprint density at radius 2 is 1.25 bits per heavy atom. The van der Waals surface area contributed by atoms with Crippen LogP contribution in [0.25, 0.3) is 20.2 Å². The maximum atomic E-state index is 7.48. The zero-order valence-electron chi connectivity index (χ0n) is 36.4. The summed E-state index contributed by atoms with van der Waals surface area (Å²) in [5, 5.41) is 3.49. The standard InChI is InChI=1S/C52H58BClN2S/c1-29-22-32(49(6,7)8)23-30(2)44(29)55-40-27-34(54)28-41-43(40)53(38-19-18-36-35-17-16-31(48(3,4)5)26-42(35)57-47(36)46(38)55)39-25-33(50(9,10)11)24-37-45(39)56(41)52(13)21-15-14-20-51(37,52)12/h16-19,22-28H,14-15,20-21H2,1-13H3. The molecule has 292 valence electrons. The van der Waals surface area contributed by atoms with Crippen molar-refractivity contribution < 1.29 is 0 Å². The number of thiophene rings is 1. The predicted octanol–water partition coefficient (Wildman–Crippen LogP) is 13.6. The van der Waals surface area contributed by atoms with Crippen molar-refractivity contribution in [3.63, 3.8) is 0 Å². The molecule has 1 aromatic heterocycles. The molecule has 4 aliphatic rings. The summed E-state index contributed by atoms with van der Waals surface area (Å²) in [6.45, 7) is 31.0. The van der Waals surface area contributed by atoms with Crippen molar-refractivity contribution in [2.45, 2.75) is 143 Å². The lowest BCUT2D eigenvalue weighted by molar-refractivity contribution is 0.195. The number of aryl methyl sites for hydroxylation is 2. The molecule has 0 bridgehead atoms. The van der Waals surface area contributed by atoms with Gasteiger partial charge >= 0.3 is 0 Å². The number of hydrogen-bond donors (Lipinski definition) is 0. The monoisotopic (exact) mass is 788 g/mol. The minimum Gasteiger partial charge on any atom is -0.335 e. The molecule has 0 radical (unpaired) electrons. The molecule has 5 aromatic carbocycles. The van der Waals surface area contributed by atoms with Crippen LogP contribution in [0.15, 0.2) is 66.7 Å². The van der Waals surface area contributed by atoms with Crippen LogP contribution in [0.2, 0.25) is 5.02 Å². The van der Waals surface area contributed by atoms with E-state index in [2.05, 4.69) is 167 Å². The first-order valence-electron chi connectivity index (χ1n) is 21.4. The van der Waals surface area contributed by atoms with Gasteiger partial charge in [-0.3, -0.25) is 0 Å². The lowest BCUT2D eigenvalue weighted by Gasteiger charge is -2.52. The highest BCUT2D eigenvalue weighted by molar-refractivity contribution is 7.26. The number of nitrogens with zero attached hydrogens (tertiary/aromatic N) is 2. The molecule has 57 heavy (non-hydrogen) atoms. The van der Waals surface area contributed by atoms with E-state index < -0.39 is 0 Å². The van der Waals surface area contributed by atoms with E-state index in [1.165, 1.54) is 118 Å². The van der Waals surface area contributed by atoms with Crippen LogP contribution in [0.1, 0.15) is 135 Å². The van der Waals surface area contributed by atoms with Crippen molar-refractivity contribution in [2.24, 2.45) is 0 Å². The first-order chi connectivity index (χ1) is 26.6. The van der Waals surface area contributed by atoms with Crippen molar-refractivity contribution in [1.82, 2.24) is 0 Å². The minimum atomic E-state index is -0.0618. The number of benzene rings is 5. The Hall–Kier alpha value is -3.73. The largest absolute Gasteiger partial charge is 0.335 e. The second-order valence-corrected chi connectivity index (χ2v) is 23.1. The molecule has 6 aromatic rings. The summed E-state index contributed by atoms with van der Waals surface area (Å²) in [5.41, 5.74) is 19.3. The highest BCUT2D eigenvalue weighted by atomic mass is 35.5. The number of fused-ring (bicyclic) bond motifs is 11. The van der Waals surface area contributed by atoms with Gasteiger partial charge in [-0.05, 0) is 118 Å².